The Labute approximate surface area is 116 Å². The van der Waals surface area contributed by atoms with Crippen LogP contribution in [0.3, 0.4) is 0 Å². The summed E-state index contributed by atoms with van der Waals surface area (Å²) in [5.41, 5.74) is 2.16. The van der Waals surface area contributed by atoms with Crippen LogP contribution in [0.1, 0.15) is 6.42 Å². The summed E-state index contributed by atoms with van der Waals surface area (Å²) in [5.74, 6) is 4.13. The molecule has 0 spiro atoms. The molecule has 0 saturated carbocycles. The first-order valence-electron chi connectivity index (χ1n) is 6.13. The van der Waals surface area contributed by atoms with Gasteiger partial charge < -0.3 is 14.3 Å². The Morgan fingerprint density at radius 3 is 3.17 bits per heavy atom. The molecule has 1 aliphatic rings. The Bertz CT molecular complexity index is 611. The number of aromatic amines is 1. The van der Waals surface area contributed by atoms with Gasteiger partial charge in [0.15, 0.2) is 4.77 Å². The van der Waals surface area contributed by atoms with Crippen molar-refractivity contribution in [2.75, 3.05) is 18.6 Å². The van der Waals surface area contributed by atoms with Crippen LogP contribution < -0.4 is 4.74 Å². The van der Waals surface area contributed by atoms with Crippen molar-refractivity contribution in [3.63, 3.8) is 0 Å². The van der Waals surface area contributed by atoms with E-state index in [1.807, 2.05) is 23.9 Å². The molecule has 18 heavy (non-hydrogen) atoms. The SMILES string of the molecule is COc1cccc2c1[nH]c(=S)n2CC1CCSC1. The van der Waals surface area contributed by atoms with Crippen LogP contribution in [0.5, 0.6) is 5.75 Å². The average Bonchev–Trinajstić information content (AvgIpc) is 2.99. The Balaban J connectivity index is 2.05. The summed E-state index contributed by atoms with van der Waals surface area (Å²) in [6.45, 7) is 1.01. The predicted molar refractivity (Wildman–Crippen MR) is 79.1 cm³/mol. The lowest BCUT2D eigenvalue weighted by Crippen LogP contribution is -2.09. The molecule has 5 heteroatoms. The molecule has 0 radical (unpaired) electrons. The first-order chi connectivity index (χ1) is 8.79. The summed E-state index contributed by atoms with van der Waals surface area (Å²) in [4.78, 5) is 3.27. The van der Waals surface area contributed by atoms with Crippen LogP contribution in [-0.4, -0.2) is 28.2 Å². The number of para-hydroxylation sites is 1. The third-order valence-corrected chi connectivity index (χ3v) is 5.01. The minimum Gasteiger partial charge on any atom is -0.494 e. The summed E-state index contributed by atoms with van der Waals surface area (Å²) >= 11 is 7.48. The van der Waals surface area contributed by atoms with Crippen molar-refractivity contribution in [3.8, 4) is 5.75 Å². The first kappa shape index (κ1) is 12.1. The van der Waals surface area contributed by atoms with Crippen LogP contribution in [0.15, 0.2) is 18.2 Å². The van der Waals surface area contributed by atoms with Gasteiger partial charge >= 0.3 is 0 Å². The van der Waals surface area contributed by atoms with Crippen LogP contribution in [-0.2, 0) is 6.54 Å². The van der Waals surface area contributed by atoms with Crippen molar-refractivity contribution in [3.05, 3.63) is 23.0 Å². The number of nitrogens with zero attached hydrogens (tertiary/aromatic N) is 1. The van der Waals surface area contributed by atoms with Crippen molar-refractivity contribution in [1.82, 2.24) is 9.55 Å². The molecule has 1 atom stereocenters. The van der Waals surface area contributed by atoms with Gasteiger partial charge in [-0.15, -0.1) is 0 Å². The van der Waals surface area contributed by atoms with Crippen molar-refractivity contribution >= 4 is 35.0 Å². The monoisotopic (exact) mass is 280 g/mol. The number of thioether (sulfide) groups is 1. The zero-order valence-corrected chi connectivity index (χ0v) is 11.9. The van der Waals surface area contributed by atoms with E-state index in [1.165, 1.54) is 17.9 Å². The molecule has 2 heterocycles. The van der Waals surface area contributed by atoms with Crippen LogP contribution in [0, 0.1) is 10.7 Å². The molecule has 1 aromatic carbocycles. The number of methoxy groups -OCH3 is 1. The Morgan fingerprint density at radius 2 is 2.44 bits per heavy atom. The number of benzene rings is 1. The van der Waals surface area contributed by atoms with E-state index in [4.69, 9.17) is 17.0 Å². The summed E-state index contributed by atoms with van der Waals surface area (Å²) in [6, 6.07) is 6.08. The lowest BCUT2D eigenvalue weighted by Gasteiger charge is -2.10. The number of ether oxygens (including phenoxy) is 1. The van der Waals surface area contributed by atoms with Crippen LogP contribution in [0.2, 0.25) is 0 Å². The van der Waals surface area contributed by atoms with E-state index in [9.17, 15) is 0 Å². The third kappa shape index (κ3) is 2.06. The summed E-state index contributed by atoms with van der Waals surface area (Å²) in [5, 5.41) is 0. The lowest BCUT2D eigenvalue weighted by molar-refractivity contribution is 0.419. The number of fused-ring (bicyclic) bond motifs is 1. The second-order valence-corrected chi connectivity index (χ2v) is 6.16. The van der Waals surface area contributed by atoms with Gasteiger partial charge in [-0.25, -0.2) is 0 Å². The van der Waals surface area contributed by atoms with E-state index in [2.05, 4.69) is 15.6 Å². The maximum absolute atomic E-state index is 5.44. The fraction of sp³-hybridized carbons (Fsp3) is 0.462. The Hall–Kier alpha value is -0.940. The number of H-pyrrole nitrogens is 1. The van der Waals surface area contributed by atoms with Crippen LogP contribution >= 0.6 is 24.0 Å². The van der Waals surface area contributed by atoms with E-state index in [0.29, 0.717) is 0 Å². The summed E-state index contributed by atoms with van der Waals surface area (Å²) in [7, 11) is 1.69. The average molecular weight is 280 g/mol. The number of imidazole rings is 1. The van der Waals surface area contributed by atoms with Gasteiger partial charge in [-0.1, -0.05) is 6.07 Å². The quantitative estimate of drug-likeness (QED) is 0.873. The number of nitrogens with one attached hydrogen (secondary N) is 1. The molecular formula is C13H16N2OS2. The highest BCUT2D eigenvalue weighted by atomic mass is 32.2. The second kappa shape index (κ2) is 4.97. The molecule has 0 bridgehead atoms. The van der Waals surface area contributed by atoms with Gasteiger partial charge in [-0.05, 0) is 48.2 Å². The number of hydrogen-bond donors (Lipinski definition) is 1. The maximum Gasteiger partial charge on any atom is 0.178 e. The van der Waals surface area contributed by atoms with Gasteiger partial charge in [-0.2, -0.15) is 11.8 Å². The highest BCUT2D eigenvalue weighted by molar-refractivity contribution is 7.99. The number of hydrogen-bond acceptors (Lipinski definition) is 3. The van der Waals surface area contributed by atoms with Crippen LogP contribution in [0.25, 0.3) is 11.0 Å². The molecule has 1 N–H and O–H groups in total. The number of rotatable bonds is 3. The van der Waals surface area contributed by atoms with E-state index < -0.39 is 0 Å². The topological polar surface area (TPSA) is 29.9 Å². The highest BCUT2D eigenvalue weighted by Gasteiger charge is 2.18. The van der Waals surface area contributed by atoms with Gasteiger partial charge in [0.25, 0.3) is 0 Å². The molecule has 0 amide bonds. The van der Waals surface area contributed by atoms with Gasteiger partial charge in [0, 0.05) is 6.54 Å². The zero-order chi connectivity index (χ0) is 12.5. The molecule has 1 aromatic heterocycles. The van der Waals surface area contributed by atoms with Gasteiger partial charge in [-0.3, -0.25) is 0 Å². The molecule has 96 valence electrons. The third-order valence-electron chi connectivity index (χ3n) is 3.46. The fourth-order valence-corrected chi connectivity index (χ4v) is 4.04. The summed E-state index contributed by atoms with van der Waals surface area (Å²) in [6.07, 6.45) is 1.29. The highest BCUT2D eigenvalue weighted by Crippen LogP contribution is 2.29. The van der Waals surface area contributed by atoms with Crippen LogP contribution in [0.4, 0.5) is 0 Å². The van der Waals surface area contributed by atoms with E-state index in [0.717, 1.165) is 34.0 Å². The Kier molecular flexibility index (Phi) is 3.35. The molecule has 1 unspecified atom stereocenters. The maximum atomic E-state index is 5.44. The first-order valence-corrected chi connectivity index (χ1v) is 7.69. The minimum atomic E-state index is 0.743. The van der Waals surface area contributed by atoms with Gasteiger partial charge in [0.05, 0.1) is 12.6 Å². The lowest BCUT2D eigenvalue weighted by atomic mass is 10.1. The normalized spacial score (nSPS) is 19.5. The second-order valence-electron chi connectivity index (χ2n) is 4.62. The van der Waals surface area contributed by atoms with Crippen molar-refractivity contribution < 1.29 is 4.74 Å². The fourth-order valence-electron chi connectivity index (χ4n) is 2.49. The molecule has 3 rings (SSSR count). The largest absolute Gasteiger partial charge is 0.494 e. The van der Waals surface area contributed by atoms with Crippen molar-refractivity contribution in [2.45, 2.75) is 13.0 Å². The molecule has 2 aromatic rings. The van der Waals surface area contributed by atoms with Crippen molar-refractivity contribution in [1.29, 1.82) is 0 Å². The standard InChI is InChI=1S/C13H16N2OS2/c1-16-11-4-2-3-10-12(11)14-13(17)15(10)7-9-5-6-18-8-9/h2-4,9H,5-8H2,1H3,(H,14,17). The molecule has 1 fully saturated rings. The van der Waals surface area contributed by atoms with Gasteiger partial charge in [0.1, 0.15) is 11.3 Å². The van der Waals surface area contributed by atoms with E-state index in [1.54, 1.807) is 7.11 Å². The molecule has 1 saturated heterocycles. The molecular weight excluding hydrogens is 264 g/mol. The van der Waals surface area contributed by atoms with Crippen molar-refractivity contribution in [2.24, 2.45) is 5.92 Å². The smallest absolute Gasteiger partial charge is 0.178 e. The molecule has 1 aliphatic heterocycles. The summed E-state index contributed by atoms with van der Waals surface area (Å²) < 4.78 is 8.38. The van der Waals surface area contributed by atoms with Gasteiger partial charge in [0.2, 0.25) is 0 Å². The number of aromatic nitrogens is 2. The Morgan fingerprint density at radius 1 is 1.56 bits per heavy atom. The zero-order valence-electron chi connectivity index (χ0n) is 10.3. The van der Waals surface area contributed by atoms with E-state index in [-0.39, 0.29) is 0 Å². The molecule has 3 nitrogen and oxygen atoms in total. The molecule has 0 aliphatic carbocycles. The van der Waals surface area contributed by atoms with E-state index >= 15 is 0 Å². The minimum absolute atomic E-state index is 0.743. The predicted octanol–water partition coefficient (Wildman–Crippen LogP) is 3.46.